The van der Waals surface area contributed by atoms with Gasteiger partial charge < -0.3 is 10.1 Å². The zero-order valence-electron chi connectivity index (χ0n) is 10.3. The van der Waals surface area contributed by atoms with Crippen LogP contribution in [0.15, 0.2) is 0 Å². The Hall–Kier alpha value is -1.31. The number of carbonyl (C=O) groups excluding carboxylic acids is 1. The summed E-state index contributed by atoms with van der Waals surface area (Å²) in [6.07, 6.45) is 3.71. The number of terminal acetylenes is 1. The Labute approximate surface area is 99.9 Å². The van der Waals surface area contributed by atoms with Crippen molar-refractivity contribution in [2.75, 3.05) is 0 Å². The molecule has 1 fully saturated rings. The van der Waals surface area contributed by atoms with Crippen LogP contribution in [-0.2, 0) is 4.74 Å². The molecule has 0 saturated heterocycles. The highest BCUT2D eigenvalue weighted by molar-refractivity contribution is 5.69. The molecule has 1 saturated carbocycles. The van der Waals surface area contributed by atoms with Gasteiger partial charge in [-0.15, -0.1) is 6.42 Å². The number of rotatable bonds is 1. The van der Waals surface area contributed by atoms with Crippen molar-refractivity contribution in [2.24, 2.45) is 0 Å². The van der Waals surface area contributed by atoms with E-state index in [-0.39, 0.29) is 12.8 Å². The van der Waals surface area contributed by atoms with E-state index >= 15 is 0 Å². The van der Waals surface area contributed by atoms with Crippen molar-refractivity contribution >= 4 is 6.09 Å². The highest BCUT2D eigenvalue weighted by atomic mass is 19.3. The zero-order valence-corrected chi connectivity index (χ0v) is 10.3. The molecule has 1 atom stereocenters. The third kappa shape index (κ3) is 3.88. The molecule has 0 bridgehead atoms. The molecule has 0 aromatic heterocycles. The Balaban J connectivity index is 2.67. The number of halogens is 2. The van der Waals surface area contributed by atoms with Gasteiger partial charge in [0, 0.05) is 12.8 Å². The molecule has 0 spiro atoms. The molecular weight excluding hydrogens is 228 g/mol. The van der Waals surface area contributed by atoms with Crippen LogP contribution in [0.5, 0.6) is 0 Å². The summed E-state index contributed by atoms with van der Waals surface area (Å²) in [6.45, 7) is 5.08. The molecule has 17 heavy (non-hydrogen) atoms. The van der Waals surface area contributed by atoms with Gasteiger partial charge in [-0.05, 0) is 27.2 Å². The molecule has 0 heterocycles. The van der Waals surface area contributed by atoms with Crippen molar-refractivity contribution < 1.29 is 18.3 Å². The van der Waals surface area contributed by atoms with Gasteiger partial charge >= 0.3 is 6.09 Å². The molecule has 1 N–H and O–H groups in total. The predicted octanol–water partition coefficient (Wildman–Crippen LogP) is 2.70. The van der Waals surface area contributed by atoms with Gasteiger partial charge in [-0.25, -0.2) is 13.6 Å². The van der Waals surface area contributed by atoms with Crippen molar-refractivity contribution in [3.8, 4) is 12.3 Å². The van der Waals surface area contributed by atoms with Crippen molar-refractivity contribution in [3.63, 3.8) is 0 Å². The average Bonchev–Trinajstić information content (AvgIpc) is 2.39. The molecule has 0 aliphatic heterocycles. The molecule has 3 nitrogen and oxygen atoms in total. The molecule has 5 heteroatoms. The highest BCUT2D eigenvalue weighted by Crippen LogP contribution is 2.41. The normalized spacial score (nSPS) is 27.3. The largest absolute Gasteiger partial charge is 0.444 e. The van der Waals surface area contributed by atoms with E-state index in [9.17, 15) is 13.6 Å². The van der Waals surface area contributed by atoms with Gasteiger partial charge in [0.25, 0.3) is 5.92 Å². The summed E-state index contributed by atoms with van der Waals surface area (Å²) in [6, 6.07) is 0. The lowest BCUT2D eigenvalue weighted by molar-refractivity contribution is 0.00288. The lowest BCUT2D eigenvalue weighted by atomic mass is 9.99. The van der Waals surface area contributed by atoms with Crippen LogP contribution >= 0.6 is 0 Å². The molecule has 1 amide bonds. The highest BCUT2D eigenvalue weighted by Gasteiger charge is 2.49. The van der Waals surface area contributed by atoms with Crippen LogP contribution in [0.2, 0.25) is 0 Å². The molecule has 1 unspecified atom stereocenters. The maximum Gasteiger partial charge on any atom is 0.408 e. The summed E-state index contributed by atoms with van der Waals surface area (Å²) >= 11 is 0. The van der Waals surface area contributed by atoms with Crippen LogP contribution < -0.4 is 5.32 Å². The topological polar surface area (TPSA) is 38.3 Å². The maximum atomic E-state index is 13.1. The Kier molecular flexibility index (Phi) is 3.37. The van der Waals surface area contributed by atoms with Crippen molar-refractivity contribution in [1.82, 2.24) is 5.32 Å². The summed E-state index contributed by atoms with van der Waals surface area (Å²) in [5.74, 6) is -0.560. The first kappa shape index (κ1) is 13.8. The smallest absolute Gasteiger partial charge is 0.408 e. The maximum absolute atomic E-state index is 13.1. The van der Waals surface area contributed by atoms with Crippen LogP contribution in [-0.4, -0.2) is 23.2 Å². The van der Waals surface area contributed by atoms with E-state index in [1.54, 1.807) is 20.8 Å². The second kappa shape index (κ2) is 4.17. The molecule has 1 aliphatic rings. The minimum absolute atomic E-state index is 0.0652. The van der Waals surface area contributed by atoms with E-state index in [4.69, 9.17) is 11.2 Å². The number of nitrogens with one attached hydrogen (secondary N) is 1. The second-order valence-electron chi connectivity index (χ2n) is 5.39. The van der Waals surface area contributed by atoms with Gasteiger partial charge in [0.1, 0.15) is 11.1 Å². The number of alkyl halides is 2. The van der Waals surface area contributed by atoms with Crippen LogP contribution in [0.25, 0.3) is 0 Å². The Morgan fingerprint density at radius 1 is 1.41 bits per heavy atom. The number of hydrogen-bond acceptors (Lipinski definition) is 2. The first-order valence-corrected chi connectivity index (χ1v) is 5.44. The quantitative estimate of drug-likeness (QED) is 0.721. The fraction of sp³-hybridized carbons (Fsp3) is 0.750. The van der Waals surface area contributed by atoms with Crippen LogP contribution in [0.1, 0.15) is 40.0 Å². The van der Waals surface area contributed by atoms with E-state index in [2.05, 4.69) is 11.2 Å². The van der Waals surface area contributed by atoms with E-state index in [0.29, 0.717) is 0 Å². The summed E-state index contributed by atoms with van der Waals surface area (Å²) in [5.41, 5.74) is -1.97. The SMILES string of the molecule is C#CC1(NC(=O)OC(C)(C)C)CCC(F)(F)C1. The van der Waals surface area contributed by atoms with Crippen LogP contribution in [0.3, 0.4) is 0 Å². The fourth-order valence-electron chi connectivity index (χ4n) is 1.78. The molecule has 1 aliphatic carbocycles. The molecule has 96 valence electrons. The molecule has 0 aromatic rings. The lowest BCUT2D eigenvalue weighted by Gasteiger charge is -2.27. The van der Waals surface area contributed by atoms with Gasteiger partial charge in [0.05, 0.1) is 0 Å². The van der Waals surface area contributed by atoms with E-state index in [1.807, 2.05) is 0 Å². The average molecular weight is 245 g/mol. The standard InChI is InChI=1S/C12H17F2NO2/c1-5-11(6-7-12(13,14)8-11)15-9(16)17-10(2,3)4/h1H,6-8H2,2-4H3,(H,15,16). The number of amides is 1. The molecular formula is C12H17F2NO2. The molecule has 0 radical (unpaired) electrons. The number of hydrogen-bond donors (Lipinski definition) is 1. The van der Waals surface area contributed by atoms with E-state index in [0.717, 1.165) is 0 Å². The molecule has 0 aromatic carbocycles. The van der Waals surface area contributed by atoms with Gasteiger partial charge in [-0.3, -0.25) is 0 Å². The van der Waals surface area contributed by atoms with Crippen molar-refractivity contribution in [3.05, 3.63) is 0 Å². The Morgan fingerprint density at radius 2 is 2.00 bits per heavy atom. The first-order chi connectivity index (χ1) is 7.58. The summed E-state index contributed by atoms with van der Waals surface area (Å²) in [4.78, 5) is 11.5. The van der Waals surface area contributed by atoms with E-state index < -0.39 is 29.6 Å². The van der Waals surface area contributed by atoms with Crippen LogP contribution in [0.4, 0.5) is 13.6 Å². The van der Waals surface area contributed by atoms with Gasteiger partial charge in [-0.1, -0.05) is 5.92 Å². The zero-order chi connectivity index (χ0) is 13.3. The van der Waals surface area contributed by atoms with E-state index in [1.165, 1.54) is 0 Å². The monoisotopic (exact) mass is 245 g/mol. The third-order valence-electron chi connectivity index (χ3n) is 2.49. The van der Waals surface area contributed by atoms with Crippen LogP contribution in [0, 0.1) is 12.3 Å². The van der Waals surface area contributed by atoms with Crippen molar-refractivity contribution in [2.45, 2.75) is 57.1 Å². The Morgan fingerprint density at radius 3 is 2.35 bits per heavy atom. The number of carbonyl (C=O) groups is 1. The van der Waals surface area contributed by atoms with Crippen molar-refractivity contribution in [1.29, 1.82) is 0 Å². The fourth-order valence-corrected chi connectivity index (χ4v) is 1.78. The first-order valence-electron chi connectivity index (χ1n) is 5.44. The number of alkyl carbamates (subject to hydrolysis) is 1. The minimum atomic E-state index is -2.82. The van der Waals surface area contributed by atoms with Gasteiger partial charge in [0.2, 0.25) is 0 Å². The third-order valence-corrected chi connectivity index (χ3v) is 2.49. The van der Waals surface area contributed by atoms with Gasteiger partial charge in [-0.2, -0.15) is 0 Å². The molecule has 1 rings (SSSR count). The summed E-state index contributed by atoms with van der Waals surface area (Å²) in [7, 11) is 0. The lowest BCUT2D eigenvalue weighted by Crippen LogP contribution is -2.48. The predicted molar refractivity (Wildman–Crippen MR) is 59.7 cm³/mol. The minimum Gasteiger partial charge on any atom is -0.444 e. The number of ether oxygens (including phenoxy) is 1. The summed E-state index contributed by atoms with van der Waals surface area (Å²) < 4.78 is 31.3. The second-order valence-corrected chi connectivity index (χ2v) is 5.39. The Bertz CT molecular complexity index is 354. The van der Waals surface area contributed by atoms with Gasteiger partial charge in [0.15, 0.2) is 0 Å². The summed E-state index contributed by atoms with van der Waals surface area (Å²) in [5, 5.41) is 2.38.